The van der Waals surface area contributed by atoms with Gasteiger partial charge in [-0.25, -0.2) is 0 Å². The van der Waals surface area contributed by atoms with E-state index in [0.717, 1.165) is 49.4 Å². The van der Waals surface area contributed by atoms with Crippen molar-refractivity contribution in [3.05, 3.63) is 41.0 Å². The van der Waals surface area contributed by atoms with Gasteiger partial charge in [0.1, 0.15) is 0 Å². The van der Waals surface area contributed by atoms with Gasteiger partial charge in [-0.05, 0) is 48.8 Å². The molecule has 2 nitrogen and oxygen atoms in total. The minimum Gasteiger partial charge on any atom is -0.304 e. The van der Waals surface area contributed by atoms with Crippen molar-refractivity contribution in [1.82, 2.24) is 0 Å². The van der Waals surface area contributed by atoms with E-state index in [1.165, 1.54) is 11.1 Å². The minimum atomic E-state index is 0.253. The van der Waals surface area contributed by atoms with E-state index in [1.54, 1.807) is 0 Å². The van der Waals surface area contributed by atoms with Crippen molar-refractivity contribution in [2.24, 2.45) is 5.92 Å². The Bertz CT molecular complexity index is 544. The van der Waals surface area contributed by atoms with Gasteiger partial charge < -0.3 is 4.90 Å². The molecule has 1 aliphatic carbocycles. The van der Waals surface area contributed by atoms with Crippen LogP contribution in [-0.2, 0) is 11.2 Å². The molecular formula is C17H21NO. The summed E-state index contributed by atoms with van der Waals surface area (Å²) in [5, 5.41) is 0. The molecule has 0 aromatic heterocycles. The first kappa shape index (κ1) is 12.5. The molecule has 3 rings (SSSR count). The van der Waals surface area contributed by atoms with E-state index in [9.17, 15) is 4.79 Å². The van der Waals surface area contributed by atoms with E-state index in [0.29, 0.717) is 0 Å². The molecule has 0 bridgehead atoms. The van der Waals surface area contributed by atoms with Crippen LogP contribution < -0.4 is 4.90 Å². The summed E-state index contributed by atoms with van der Waals surface area (Å²) in [5.41, 5.74) is 4.86. The van der Waals surface area contributed by atoms with Crippen molar-refractivity contribution >= 4 is 11.6 Å². The SMILES string of the molecule is CCc1ccccc1N1CC2=C(CCC(C)C2)C1=O. The normalized spacial score (nSPS) is 22.9. The summed E-state index contributed by atoms with van der Waals surface area (Å²) < 4.78 is 0. The lowest BCUT2D eigenvalue weighted by Gasteiger charge is -2.20. The van der Waals surface area contributed by atoms with E-state index >= 15 is 0 Å². The Morgan fingerprint density at radius 2 is 2.11 bits per heavy atom. The Balaban J connectivity index is 1.92. The molecule has 1 heterocycles. The van der Waals surface area contributed by atoms with Gasteiger partial charge in [0.25, 0.3) is 5.91 Å². The third kappa shape index (κ3) is 2.09. The molecule has 1 atom stereocenters. The average molecular weight is 255 g/mol. The van der Waals surface area contributed by atoms with Gasteiger partial charge in [0.2, 0.25) is 0 Å². The molecule has 2 aliphatic rings. The summed E-state index contributed by atoms with van der Waals surface area (Å²) in [5.74, 6) is 0.982. The molecule has 1 aliphatic heterocycles. The Hall–Kier alpha value is -1.57. The maximum atomic E-state index is 12.6. The van der Waals surface area contributed by atoms with Gasteiger partial charge in [-0.15, -0.1) is 0 Å². The number of rotatable bonds is 2. The summed E-state index contributed by atoms with van der Waals surface area (Å²) in [6.07, 6.45) is 4.21. The van der Waals surface area contributed by atoms with Crippen molar-refractivity contribution in [3.8, 4) is 0 Å². The van der Waals surface area contributed by atoms with Gasteiger partial charge >= 0.3 is 0 Å². The highest BCUT2D eigenvalue weighted by molar-refractivity contribution is 6.09. The van der Waals surface area contributed by atoms with Gasteiger partial charge in [-0.3, -0.25) is 4.79 Å². The standard InChI is InChI=1S/C17H21NO/c1-3-13-6-4-5-7-16(13)18-11-14-10-12(2)8-9-15(14)17(18)19/h4-7,12H,3,8-11H2,1-2H3. The third-order valence-corrected chi connectivity index (χ3v) is 4.42. The van der Waals surface area contributed by atoms with Gasteiger partial charge in [0.05, 0.1) is 0 Å². The number of carbonyl (C=O) groups excluding carboxylic acids is 1. The van der Waals surface area contributed by atoms with Crippen LogP contribution in [0.15, 0.2) is 35.4 Å². The fraction of sp³-hybridized carbons (Fsp3) is 0.471. The highest BCUT2D eigenvalue weighted by Crippen LogP contribution is 2.37. The summed E-state index contributed by atoms with van der Waals surface area (Å²) >= 11 is 0. The quantitative estimate of drug-likeness (QED) is 0.789. The maximum Gasteiger partial charge on any atom is 0.254 e. The Morgan fingerprint density at radius 1 is 1.32 bits per heavy atom. The van der Waals surface area contributed by atoms with Gasteiger partial charge in [-0.1, -0.05) is 32.0 Å². The zero-order chi connectivity index (χ0) is 13.4. The molecule has 19 heavy (non-hydrogen) atoms. The largest absolute Gasteiger partial charge is 0.304 e. The van der Waals surface area contributed by atoms with E-state index in [-0.39, 0.29) is 5.91 Å². The molecule has 1 amide bonds. The summed E-state index contributed by atoms with van der Waals surface area (Å²) in [4.78, 5) is 14.6. The van der Waals surface area contributed by atoms with E-state index in [2.05, 4.69) is 32.0 Å². The van der Waals surface area contributed by atoms with Crippen molar-refractivity contribution in [2.45, 2.75) is 39.5 Å². The molecule has 0 radical (unpaired) electrons. The molecule has 100 valence electrons. The molecule has 0 N–H and O–H groups in total. The second-order valence-corrected chi connectivity index (χ2v) is 5.80. The van der Waals surface area contributed by atoms with E-state index in [1.807, 2.05) is 11.0 Å². The first-order valence-electron chi connectivity index (χ1n) is 7.31. The average Bonchev–Trinajstić information content (AvgIpc) is 2.75. The molecule has 1 unspecified atom stereocenters. The van der Waals surface area contributed by atoms with Crippen LogP contribution in [-0.4, -0.2) is 12.5 Å². The number of hydrogen-bond donors (Lipinski definition) is 0. The number of nitrogens with zero attached hydrogens (tertiary/aromatic N) is 1. The molecule has 0 saturated carbocycles. The van der Waals surface area contributed by atoms with Crippen LogP contribution in [0.25, 0.3) is 0 Å². The number of carbonyl (C=O) groups is 1. The van der Waals surface area contributed by atoms with E-state index < -0.39 is 0 Å². The number of anilines is 1. The van der Waals surface area contributed by atoms with Crippen LogP contribution in [0.3, 0.4) is 0 Å². The Kier molecular flexibility index (Phi) is 3.17. The number of hydrogen-bond acceptors (Lipinski definition) is 1. The lowest BCUT2D eigenvalue weighted by Crippen LogP contribution is -2.27. The summed E-state index contributed by atoms with van der Waals surface area (Å²) in [6.45, 7) is 5.25. The number of para-hydroxylation sites is 1. The predicted octanol–water partition coefficient (Wildman–Crippen LogP) is 3.71. The third-order valence-electron chi connectivity index (χ3n) is 4.42. The number of aryl methyl sites for hydroxylation is 1. The van der Waals surface area contributed by atoms with Crippen molar-refractivity contribution in [1.29, 1.82) is 0 Å². The van der Waals surface area contributed by atoms with Gasteiger partial charge in [-0.2, -0.15) is 0 Å². The number of amides is 1. The first-order chi connectivity index (χ1) is 9.20. The van der Waals surface area contributed by atoms with Crippen LogP contribution in [0.5, 0.6) is 0 Å². The summed E-state index contributed by atoms with van der Waals surface area (Å²) in [7, 11) is 0. The van der Waals surface area contributed by atoms with E-state index in [4.69, 9.17) is 0 Å². The smallest absolute Gasteiger partial charge is 0.254 e. The lowest BCUT2D eigenvalue weighted by atomic mass is 9.86. The monoisotopic (exact) mass is 255 g/mol. The fourth-order valence-electron chi connectivity index (χ4n) is 3.32. The van der Waals surface area contributed by atoms with Crippen LogP contribution in [0, 0.1) is 5.92 Å². The maximum absolute atomic E-state index is 12.6. The second-order valence-electron chi connectivity index (χ2n) is 5.80. The van der Waals surface area contributed by atoms with Crippen molar-refractivity contribution in [2.75, 3.05) is 11.4 Å². The van der Waals surface area contributed by atoms with Crippen molar-refractivity contribution in [3.63, 3.8) is 0 Å². The van der Waals surface area contributed by atoms with Gasteiger partial charge in [0.15, 0.2) is 0 Å². The molecule has 1 aromatic rings. The first-order valence-corrected chi connectivity index (χ1v) is 7.31. The Morgan fingerprint density at radius 3 is 2.89 bits per heavy atom. The molecule has 2 heteroatoms. The van der Waals surface area contributed by atoms with Crippen LogP contribution in [0.1, 0.15) is 38.7 Å². The Labute approximate surface area is 115 Å². The second kappa shape index (κ2) is 4.84. The lowest BCUT2D eigenvalue weighted by molar-refractivity contribution is -0.114. The number of benzene rings is 1. The molecule has 0 fully saturated rings. The summed E-state index contributed by atoms with van der Waals surface area (Å²) in [6, 6.07) is 8.29. The zero-order valence-corrected chi connectivity index (χ0v) is 11.8. The fourth-order valence-corrected chi connectivity index (χ4v) is 3.32. The van der Waals surface area contributed by atoms with Crippen LogP contribution in [0.2, 0.25) is 0 Å². The molecular weight excluding hydrogens is 234 g/mol. The topological polar surface area (TPSA) is 20.3 Å². The van der Waals surface area contributed by atoms with Gasteiger partial charge in [0, 0.05) is 17.8 Å². The molecule has 0 saturated heterocycles. The molecule has 0 spiro atoms. The predicted molar refractivity (Wildman–Crippen MR) is 78.2 cm³/mol. The molecule has 1 aromatic carbocycles. The van der Waals surface area contributed by atoms with Crippen LogP contribution in [0.4, 0.5) is 5.69 Å². The van der Waals surface area contributed by atoms with Crippen LogP contribution >= 0.6 is 0 Å². The highest BCUT2D eigenvalue weighted by Gasteiger charge is 2.34. The highest BCUT2D eigenvalue weighted by atomic mass is 16.2. The van der Waals surface area contributed by atoms with Crippen molar-refractivity contribution < 1.29 is 4.79 Å². The zero-order valence-electron chi connectivity index (χ0n) is 11.8. The minimum absolute atomic E-state index is 0.253.